The molecule has 0 unspecified atom stereocenters. The van der Waals surface area contributed by atoms with Crippen molar-refractivity contribution in [1.29, 1.82) is 0 Å². The Labute approximate surface area is 76.4 Å². The number of para-hydroxylation sites is 1. The minimum Gasteiger partial charge on any atom is -0.398 e. The molecule has 4 N–H and O–H groups in total. The molecule has 68 valence electrons. The van der Waals surface area contributed by atoms with E-state index in [9.17, 15) is 0 Å². The summed E-state index contributed by atoms with van der Waals surface area (Å²) >= 11 is 5.58. The molecule has 0 atom stereocenters. The minimum absolute atomic E-state index is 0.125. The molecule has 1 aromatic carbocycles. The first-order chi connectivity index (χ1) is 5.72. The predicted molar refractivity (Wildman–Crippen MR) is 50.0 cm³/mol. The highest BCUT2D eigenvalue weighted by Gasteiger charge is 1.87. The third-order valence-electron chi connectivity index (χ3n) is 1.01. The van der Waals surface area contributed by atoms with Crippen molar-refractivity contribution in [2.24, 2.45) is 0 Å². The summed E-state index contributed by atoms with van der Waals surface area (Å²) in [6.07, 6.45) is 0. The molecule has 0 amide bonds. The van der Waals surface area contributed by atoms with Crippen LogP contribution >= 0.6 is 11.6 Å². The molecule has 3 nitrogen and oxygen atoms in total. The quantitative estimate of drug-likeness (QED) is 0.575. The van der Waals surface area contributed by atoms with Crippen molar-refractivity contribution in [2.45, 2.75) is 0 Å². The summed E-state index contributed by atoms with van der Waals surface area (Å²) in [7, 11) is 0. The molecule has 0 bridgehead atoms. The molecule has 0 heterocycles. The second kappa shape index (κ2) is 6.91. The Kier molecular flexibility index (Phi) is 6.47. The van der Waals surface area contributed by atoms with Gasteiger partial charge < -0.3 is 15.9 Å². The van der Waals surface area contributed by atoms with E-state index in [0.29, 0.717) is 10.7 Å². The van der Waals surface area contributed by atoms with Gasteiger partial charge in [0.05, 0.1) is 23.9 Å². The van der Waals surface area contributed by atoms with Crippen molar-refractivity contribution in [3.63, 3.8) is 0 Å². The summed E-state index contributed by atoms with van der Waals surface area (Å²) in [5, 5.41) is 15.9. The van der Waals surface area contributed by atoms with Gasteiger partial charge in [-0.25, -0.2) is 0 Å². The van der Waals surface area contributed by atoms with Crippen molar-refractivity contribution in [3.8, 4) is 0 Å². The van der Waals surface area contributed by atoms with E-state index in [1.165, 1.54) is 0 Å². The van der Waals surface area contributed by atoms with Crippen LogP contribution in [0.1, 0.15) is 0 Å². The Morgan fingerprint density at radius 3 is 1.92 bits per heavy atom. The number of halogens is 1. The van der Waals surface area contributed by atoms with Crippen LogP contribution in [0.4, 0.5) is 5.69 Å². The molecule has 0 aromatic heterocycles. The van der Waals surface area contributed by atoms with Crippen molar-refractivity contribution in [3.05, 3.63) is 29.3 Å². The SMILES string of the molecule is Nc1ccccc1Cl.OCCO. The second-order valence-corrected chi connectivity index (χ2v) is 2.38. The molecule has 1 rings (SSSR count). The van der Waals surface area contributed by atoms with Crippen LogP contribution in [0.3, 0.4) is 0 Å². The summed E-state index contributed by atoms with van der Waals surface area (Å²) < 4.78 is 0. The van der Waals surface area contributed by atoms with Gasteiger partial charge in [-0.2, -0.15) is 0 Å². The molecular weight excluding hydrogens is 178 g/mol. The number of rotatable bonds is 1. The fourth-order valence-electron chi connectivity index (χ4n) is 0.475. The fraction of sp³-hybridized carbons (Fsp3) is 0.250. The zero-order valence-corrected chi connectivity index (χ0v) is 7.33. The number of hydrogen-bond acceptors (Lipinski definition) is 3. The Morgan fingerprint density at radius 1 is 1.17 bits per heavy atom. The lowest BCUT2D eigenvalue weighted by atomic mass is 10.3. The lowest BCUT2D eigenvalue weighted by Crippen LogP contribution is -1.85. The predicted octanol–water partition coefficient (Wildman–Crippen LogP) is 0.893. The summed E-state index contributed by atoms with van der Waals surface area (Å²) in [6, 6.07) is 7.22. The molecule has 0 aliphatic rings. The van der Waals surface area contributed by atoms with Crippen LogP contribution in [0.5, 0.6) is 0 Å². The smallest absolute Gasteiger partial charge is 0.0662 e. The van der Waals surface area contributed by atoms with Gasteiger partial charge in [-0.05, 0) is 12.1 Å². The molecule has 4 heteroatoms. The van der Waals surface area contributed by atoms with Crippen molar-refractivity contribution in [1.82, 2.24) is 0 Å². The van der Waals surface area contributed by atoms with Crippen molar-refractivity contribution in [2.75, 3.05) is 18.9 Å². The van der Waals surface area contributed by atoms with Gasteiger partial charge in [0.15, 0.2) is 0 Å². The molecule has 0 aliphatic carbocycles. The van der Waals surface area contributed by atoms with E-state index in [0.717, 1.165) is 0 Å². The first-order valence-corrected chi connectivity index (χ1v) is 3.82. The summed E-state index contributed by atoms with van der Waals surface area (Å²) in [5.74, 6) is 0. The largest absolute Gasteiger partial charge is 0.398 e. The number of aliphatic hydroxyl groups is 2. The summed E-state index contributed by atoms with van der Waals surface area (Å²) in [4.78, 5) is 0. The van der Waals surface area contributed by atoms with Crippen molar-refractivity contribution < 1.29 is 10.2 Å². The Bertz CT molecular complexity index is 195. The molecule has 0 radical (unpaired) electrons. The fourth-order valence-corrected chi connectivity index (χ4v) is 0.611. The molecule has 0 saturated carbocycles. The molecular formula is C8H12ClNO2. The highest BCUT2D eigenvalue weighted by molar-refractivity contribution is 6.33. The lowest BCUT2D eigenvalue weighted by Gasteiger charge is -1.91. The zero-order chi connectivity index (χ0) is 9.40. The molecule has 0 spiro atoms. The monoisotopic (exact) mass is 189 g/mol. The molecule has 0 saturated heterocycles. The van der Waals surface area contributed by atoms with Crippen LogP contribution in [0, 0.1) is 0 Å². The Hall–Kier alpha value is -0.770. The number of nitrogens with two attached hydrogens (primary N) is 1. The number of hydrogen-bond donors (Lipinski definition) is 3. The van der Waals surface area contributed by atoms with Gasteiger partial charge in [0.25, 0.3) is 0 Å². The third-order valence-corrected chi connectivity index (χ3v) is 1.35. The lowest BCUT2D eigenvalue weighted by molar-refractivity contribution is 0.186. The van der Waals surface area contributed by atoms with Crippen LogP contribution in [-0.4, -0.2) is 23.4 Å². The number of nitrogen functional groups attached to an aromatic ring is 1. The van der Waals surface area contributed by atoms with Crippen LogP contribution < -0.4 is 5.73 Å². The van der Waals surface area contributed by atoms with Crippen LogP contribution in [0.15, 0.2) is 24.3 Å². The third kappa shape index (κ3) is 4.96. The second-order valence-electron chi connectivity index (χ2n) is 1.97. The van der Waals surface area contributed by atoms with Gasteiger partial charge in [-0.1, -0.05) is 23.7 Å². The topological polar surface area (TPSA) is 66.5 Å². The molecule has 0 aliphatic heterocycles. The van der Waals surface area contributed by atoms with Crippen molar-refractivity contribution >= 4 is 17.3 Å². The van der Waals surface area contributed by atoms with E-state index < -0.39 is 0 Å². The Balaban J connectivity index is 0.000000261. The first-order valence-electron chi connectivity index (χ1n) is 3.44. The first kappa shape index (κ1) is 11.2. The van der Waals surface area contributed by atoms with Gasteiger partial charge in [-0.3, -0.25) is 0 Å². The standard InChI is InChI=1S/C6H6ClN.C2H6O2/c7-5-3-1-2-4-6(5)8;3-1-2-4/h1-4H,8H2;3-4H,1-2H2. The van der Waals surface area contributed by atoms with Gasteiger partial charge in [0, 0.05) is 0 Å². The van der Waals surface area contributed by atoms with Gasteiger partial charge >= 0.3 is 0 Å². The van der Waals surface area contributed by atoms with E-state index in [1.54, 1.807) is 12.1 Å². The van der Waals surface area contributed by atoms with E-state index in [2.05, 4.69) is 0 Å². The highest BCUT2D eigenvalue weighted by atomic mass is 35.5. The van der Waals surface area contributed by atoms with Crippen LogP contribution in [0.25, 0.3) is 0 Å². The number of benzene rings is 1. The van der Waals surface area contributed by atoms with E-state index in [1.807, 2.05) is 12.1 Å². The minimum atomic E-state index is -0.125. The highest BCUT2D eigenvalue weighted by Crippen LogP contribution is 2.15. The number of aliphatic hydroxyl groups excluding tert-OH is 2. The molecule has 0 fully saturated rings. The maximum Gasteiger partial charge on any atom is 0.0662 e. The average Bonchev–Trinajstić information content (AvgIpc) is 2.11. The van der Waals surface area contributed by atoms with E-state index in [-0.39, 0.29) is 13.2 Å². The summed E-state index contributed by atoms with van der Waals surface area (Å²) in [5.41, 5.74) is 6.02. The van der Waals surface area contributed by atoms with Crippen LogP contribution in [-0.2, 0) is 0 Å². The maximum absolute atomic E-state index is 7.62. The number of anilines is 1. The Morgan fingerprint density at radius 2 is 1.67 bits per heavy atom. The summed E-state index contributed by atoms with van der Waals surface area (Å²) in [6.45, 7) is -0.250. The van der Waals surface area contributed by atoms with Gasteiger partial charge in [-0.15, -0.1) is 0 Å². The normalized spacial score (nSPS) is 8.58. The van der Waals surface area contributed by atoms with E-state index in [4.69, 9.17) is 27.5 Å². The van der Waals surface area contributed by atoms with Crippen LogP contribution in [0.2, 0.25) is 5.02 Å². The van der Waals surface area contributed by atoms with Gasteiger partial charge in [0.2, 0.25) is 0 Å². The molecule has 12 heavy (non-hydrogen) atoms. The molecule has 1 aromatic rings. The zero-order valence-electron chi connectivity index (χ0n) is 6.57. The van der Waals surface area contributed by atoms with E-state index >= 15 is 0 Å². The maximum atomic E-state index is 7.62. The van der Waals surface area contributed by atoms with Gasteiger partial charge in [0.1, 0.15) is 0 Å². The average molecular weight is 190 g/mol.